The highest BCUT2D eigenvalue weighted by Gasteiger charge is 2.21. The van der Waals surface area contributed by atoms with Crippen LogP contribution in [0.4, 0.5) is 0 Å². The average Bonchev–Trinajstić information content (AvgIpc) is 2.49. The van der Waals surface area contributed by atoms with Crippen LogP contribution in [0.25, 0.3) is 0 Å². The molecule has 7 heteroatoms. The molecule has 1 aromatic heterocycles. The smallest absolute Gasteiger partial charge is 0.326 e. The lowest BCUT2D eigenvalue weighted by Crippen LogP contribution is -2.41. The number of aromatic nitrogens is 1. The van der Waals surface area contributed by atoms with Crippen LogP contribution in [-0.2, 0) is 25.5 Å². The Hall–Kier alpha value is -2.44. The molecule has 1 atom stereocenters. The SMILES string of the molecule is COC(=O)CCC(NC(=O)CCc1ccccn1)C(=O)O. The average molecular weight is 294 g/mol. The summed E-state index contributed by atoms with van der Waals surface area (Å²) in [6.45, 7) is 0. The molecule has 1 heterocycles. The molecule has 0 saturated carbocycles. The van der Waals surface area contributed by atoms with E-state index in [2.05, 4.69) is 15.0 Å². The predicted molar refractivity (Wildman–Crippen MR) is 73.4 cm³/mol. The number of carboxylic acids is 1. The molecular weight excluding hydrogens is 276 g/mol. The van der Waals surface area contributed by atoms with Gasteiger partial charge in [0.25, 0.3) is 0 Å². The molecule has 0 spiro atoms. The molecule has 0 bridgehead atoms. The molecule has 0 aliphatic heterocycles. The van der Waals surface area contributed by atoms with Crippen LogP contribution in [0.2, 0.25) is 0 Å². The molecule has 114 valence electrons. The molecular formula is C14H18N2O5. The van der Waals surface area contributed by atoms with E-state index in [9.17, 15) is 14.4 Å². The van der Waals surface area contributed by atoms with Crippen molar-refractivity contribution in [3.05, 3.63) is 30.1 Å². The van der Waals surface area contributed by atoms with Gasteiger partial charge >= 0.3 is 11.9 Å². The number of methoxy groups -OCH3 is 1. The van der Waals surface area contributed by atoms with Gasteiger partial charge in [-0.05, 0) is 25.0 Å². The number of carbonyl (C=O) groups excluding carboxylic acids is 2. The van der Waals surface area contributed by atoms with Crippen LogP contribution >= 0.6 is 0 Å². The van der Waals surface area contributed by atoms with Crippen LogP contribution in [0.3, 0.4) is 0 Å². The van der Waals surface area contributed by atoms with E-state index in [1.807, 2.05) is 6.07 Å². The number of aryl methyl sites for hydroxylation is 1. The van der Waals surface area contributed by atoms with Gasteiger partial charge in [0, 0.05) is 24.7 Å². The minimum atomic E-state index is -1.18. The van der Waals surface area contributed by atoms with Crippen LogP contribution in [0.15, 0.2) is 24.4 Å². The maximum Gasteiger partial charge on any atom is 0.326 e. The molecule has 0 aromatic carbocycles. The van der Waals surface area contributed by atoms with Gasteiger partial charge in [0.05, 0.1) is 7.11 Å². The minimum Gasteiger partial charge on any atom is -0.480 e. The van der Waals surface area contributed by atoms with Crippen molar-refractivity contribution in [3.63, 3.8) is 0 Å². The van der Waals surface area contributed by atoms with Gasteiger partial charge in [-0.2, -0.15) is 0 Å². The van der Waals surface area contributed by atoms with E-state index < -0.39 is 23.9 Å². The van der Waals surface area contributed by atoms with Crippen molar-refractivity contribution < 1.29 is 24.2 Å². The van der Waals surface area contributed by atoms with E-state index in [-0.39, 0.29) is 19.3 Å². The van der Waals surface area contributed by atoms with E-state index in [1.165, 1.54) is 7.11 Å². The number of hydrogen-bond donors (Lipinski definition) is 2. The zero-order valence-corrected chi connectivity index (χ0v) is 11.7. The summed E-state index contributed by atoms with van der Waals surface area (Å²) < 4.78 is 4.44. The Morgan fingerprint density at radius 3 is 2.67 bits per heavy atom. The first-order valence-corrected chi connectivity index (χ1v) is 6.52. The number of amides is 1. The van der Waals surface area contributed by atoms with E-state index in [0.717, 1.165) is 5.69 Å². The lowest BCUT2D eigenvalue weighted by molar-refractivity contribution is -0.144. The Bertz CT molecular complexity index is 489. The molecule has 1 unspecified atom stereocenters. The van der Waals surface area contributed by atoms with Crippen LogP contribution in [0.5, 0.6) is 0 Å². The summed E-state index contributed by atoms with van der Waals surface area (Å²) in [5.41, 5.74) is 0.758. The standard InChI is InChI=1S/C14H18N2O5/c1-21-13(18)8-6-11(14(19)20)16-12(17)7-5-10-4-2-3-9-15-10/h2-4,9,11H,5-8H2,1H3,(H,16,17)(H,19,20). The molecule has 1 aromatic rings. The monoisotopic (exact) mass is 294 g/mol. The van der Waals surface area contributed by atoms with Crippen LogP contribution in [-0.4, -0.2) is 41.1 Å². The van der Waals surface area contributed by atoms with E-state index >= 15 is 0 Å². The number of nitrogens with one attached hydrogen (secondary N) is 1. The Balaban J connectivity index is 2.41. The Morgan fingerprint density at radius 1 is 1.33 bits per heavy atom. The lowest BCUT2D eigenvalue weighted by Gasteiger charge is -2.13. The number of carbonyl (C=O) groups is 3. The van der Waals surface area contributed by atoms with Gasteiger partial charge in [-0.25, -0.2) is 4.79 Å². The Kier molecular flexibility index (Phi) is 6.86. The molecule has 1 amide bonds. The van der Waals surface area contributed by atoms with Gasteiger partial charge in [0.2, 0.25) is 5.91 Å². The summed E-state index contributed by atoms with van der Waals surface area (Å²) in [4.78, 5) is 37.8. The van der Waals surface area contributed by atoms with E-state index in [0.29, 0.717) is 6.42 Å². The molecule has 0 aliphatic carbocycles. The van der Waals surface area contributed by atoms with E-state index in [4.69, 9.17) is 5.11 Å². The maximum atomic E-state index is 11.7. The number of aliphatic carboxylic acids is 1. The molecule has 0 aliphatic rings. The van der Waals surface area contributed by atoms with Gasteiger partial charge < -0.3 is 15.2 Å². The van der Waals surface area contributed by atoms with Gasteiger partial charge in [-0.1, -0.05) is 6.07 Å². The van der Waals surface area contributed by atoms with Crippen molar-refractivity contribution in [2.24, 2.45) is 0 Å². The predicted octanol–water partition coefficient (Wildman–Crippen LogP) is 0.537. The van der Waals surface area contributed by atoms with Crippen molar-refractivity contribution >= 4 is 17.8 Å². The quantitative estimate of drug-likeness (QED) is 0.678. The number of hydrogen-bond acceptors (Lipinski definition) is 5. The zero-order valence-electron chi connectivity index (χ0n) is 11.7. The summed E-state index contributed by atoms with van der Waals surface area (Å²) in [5, 5.41) is 11.4. The highest BCUT2D eigenvalue weighted by atomic mass is 16.5. The molecule has 2 N–H and O–H groups in total. The number of ether oxygens (including phenoxy) is 1. The highest BCUT2D eigenvalue weighted by Crippen LogP contribution is 2.02. The van der Waals surface area contributed by atoms with Gasteiger partial charge in [-0.3, -0.25) is 14.6 Å². The minimum absolute atomic E-state index is 0.00265. The number of pyridine rings is 1. The van der Waals surface area contributed by atoms with Crippen molar-refractivity contribution in [2.45, 2.75) is 31.7 Å². The number of esters is 1. The third kappa shape index (κ3) is 6.51. The van der Waals surface area contributed by atoms with E-state index in [1.54, 1.807) is 18.3 Å². The summed E-state index contributed by atoms with van der Waals surface area (Å²) in [5.74, 6) is -2.08. The zero-order chi connectivity index (χ0) is 15.7. The molecule has 1 rings (SSSR count). The first-order valence-electron chi connectivity index (χ1n) is 6.52. The summed E-state index contributed by atoms with van der Waals surface area (Å²) in [6, 6.07) is 4.28. The fourth-order valence-electron chi connectivity index (χ4n) is 1.68. The highest BCUT2D eigenvalue weighted by molar-refractivity contribution is 5.84. The maximum absolute atomic E-state index is 11.7. The molecule has 0 radical (unpaired) electrons. The fraction of sp³-hybridized carbons (Fsp3) is 0.429. The molecule has 0 saturated heterocycles. The lowest BCUT2D eigenvalue weighted by atomic mass is 10.1. The molecule has 7 nitrogen and oxygen atoms in total. The van der Waals surface area contributed by atoms with Gasteiger partial charge in [-0.15, -0.1) is 0 Å². The number of rotatable bonds is 8. The first-order chi connectivity index (χ1) is 10.0. The third-order valence-electron chi connectivity index (χ3n) is 2.83. The van der Waals surface area contributed by atoms with Crippen LogP contribution in [0, 0.1) is 0 Å². The normalized spacial score (nSPS) is 11.5. The second-order valence-corrected chi connectivity index (χ2v) is 4.39. The van der Waals surface area contributed by atoms with Crippen molar-refractivity contribution in [1.29, 1.82) is 0 Å². The van der Waals surface area contributed by atoms with Gasteiger partial charge in [0.1, 0.15) is 6.04 Å². The van der Waals surface area contributed by atoms with Crippen molar-refractivity contribution in [2.75, 3.05) is 7.11 Å². The Labute approximate surface area is 122 Å². The second kappa shape index (κ2) is 8.68. The Morgan fingerprint density at radius 2 is 2.10 bits per heavy atom. The summed E-state index contributed by atoms with van der Waals surface area (Å²) in [6.07, 6.45) is 2.13. The molecule has 0 fully saturated rings. The number of nitrogens with zero attached hydrogens (tertiary/aromatic N) is 1. The topological polar surface area (TPSA) is 106 Å². The van der Waals surface area contributed by atoms with Crippen molar-refractivity contribution in [1.82, 2.24) is 10.3 Å². The summed E-state index contributed by atoms with van der Waals surface area (Å²) in [7, 11) is 1.23. The first kappa shape index (κ1) is 16.6. The molecule has 21 heavy (non-hydrogen) atoms. The summed E-state index contributed by atoms with van der Waals surface area (Å²) >= 11 is 0. The second-order valence-electron chi connectivity index (χ2n) is 4.39. The van der Waals surface area contributed by atoms with Gasteiger partial charge in [0.15, 0.2) is 0 Å². The fourth-order valence-corrected chi connectivity index (χ4v) is 1.68. The van der Waals surface area contributed by atoms with Crippen molar-refractivity contribution in [3.8, 4) is 0 Å². The van der Waals surface area contributed by atoms with Crippen LogP contribution < -0.4 is 5.32 Å². The largest absolute Gasteiger partial charge is 0.480 e. The third-order valence-corrected chi connectivity index (χ3v) is 2.83. The number of carboxylic acid groups (broad SMARTS) is 1. The van der Waals surface area contributed by atoms with Crippen LogP contribution in [0.1, 0.15) is 25.0 Å².